The smallest absolute Gasteiger partial charge is 0.258 e. The zero-order valence-corrected chi connectivity index (χ0v) is 12.2. The van der Waals surface area contributed by atoms with Gasteiger partial charge < -0.3 is 0 Å². The Bertz CT molecular complexity index is 849. The first-order chi connectivity index (χ1) is 11.5. The van der Waals surface area contributed by atoms with Gasteiger partial charge in [0.15, 0.2) is 5.82 Å². The average molecular weight is 322 g/mol. The third-order valence-corrected chi connectivity index (χ3v) is 3.36. The molecule has 24 heavy (non-hydrogen) atoms. The van der Waals surface area contributed by atoms with Gasteiger partial charge in [0.1, 0.15) is 0 Å². The van der Waals surface area contributed by atoms with Crippen LogP contribution in [0.25, 0.3) is 22.5 Å². The van der Waals surface area contributed by atoms with Gasteiger partial charge in [-0.2, -0.15) is 0 Å². The lowest BCUT2D eigenvalue weighted by Gasteiger charge is -2.03. The number of nitro groups is 2. The Morgan fingerprint density at radius 1 is 0.708 bits per heavy atom. The molecule has 0 atom stereocenters. The summed E-state index contributed by atoms with van der Waals surface area (Å²) in [6.07, 6.45) is 3.06. The van der Waals surface area contributed by atoms with Crippen molar-refractivity contribution in [3.8, 4) is 22.5 Å². The summed E-state index contributed by atoms with van der Waals surface area (Å²) < 4.78 is 0. The van der Waals surface area contributed by atoms with E-state index < -0.39 is 9.85 Å². The molecule has 1 heterocycles. The van der Waals surface area contributed by atoms with Crippen LogP contribution in [0.3, 0.4) is 0 Å². The summed E-state index contributed by atoms with van der Waals surface area (Å²) in [7, 11) is 0. The minimum Gasteiger partial charge on any atom is -0.258 e. The van der Waals surface area contributed by atoms with Crippen LogP contribution in [0.5, 0.6) is 0 Å². The van der Waals surface area contributed by atoms with E-state index in [9.17, 15) is 20.2 Å². The minimum atomic E-state index is -0.485. The topological polar surface area (TPSA) is 112 Å². The van der Waals surface area contributed by atoms with Crippen molar-refractivity contribution in [3.63, 3.8) is 0 Å². The molecule has 2 aromatic carbocycles. The van der Waals surface area contributed by atoms with Crippen LogP contribution in [0.1, 0.15) is 0 Å². The Labute approximate surface area is 135 Å². The quantitative estimate of drug-likeness (QED) is 0.535. The molecular formula is C16H10N4O4. The molecule has 0 fully saturated rings. The van der Waals surface area contributed by atoms with Crippen molar-refractivity contribution in [1.82, 2.24) is 9.97 Å². The number of nitro benzene ring substituents is 2. The molecule has 0 saturated heterocycles. The normalized spacial score (nSPS) is 10.3. The lowest BCUT2D eigenvalue weighted by Crippen LogP contribution is -1.93. The van der Waals surface area contributed by atoms with E-state index >= 15 is 0 Å². The fourth-order valence-electron chi connectivity index (χ4n) is 2.18. The summed E-state index contributed by atoms with van der Waals surface area (Å²) in [4.78, 5) is 29.1. The summed E-state index contributed by atoms with van der Waals surface area (Å²) in [6, 6.07) is 12.2. The number of nitrogens with zero attached hydrogens (tertiary/aromatic N) is 4. The molecule has 8 heteroatoms. The molecule has 1 aromatic heterocycles. The van der Waals surface area contributed by atoms with Crippen LogP contribution in [0.4, 0.5) is 11.4 Å². The van der Waals surface area contributed by atoms with Crippen LogP contribution in [0.15, 0.2) is 60.9 Å². The highest BCUT2D eigenvalue weighted by Crippen LogP contribution is 2.25. The van der Waals surface area contributed by atoms with Crippen LogP contribution >= 0.6 is 0 Å². The Kier molecular flexibility index (Phi) is 3.94. The lowest BCUT2D eigenvalue weighted by atomic mass is 10.1. The zero-order valence-electron chi connectivity index (χ0n) is 12.2. The minimum absolute atomic E-state index is 0.0183. The first-order valence-electron chi connectivity index (χ1n) is 6.86. The highest BCUT2D eigenvalue weighted by atomic mass is 16.6. The molecule has 118 valence electrons. The van der Waals surface area contributed by atoms with Gasteiger partial charge in [0.25, 0.3) is 11.4 Å². The maximum Gasteiger partial charge on any atom is 0.270 e. The third kappa shape index (κ3) is 3.07. The van der Waals surface area contributed by atoms with Crippen LogP contribution < -0.4 is 0 Å². The molecule has 0 amide bonds. The second kappa shape index (κ2) is 6.21. The number of rotatable bonds is 4. The first kappa shape index (κ1) is 15.2. The van der Waals surface area contributed by atoms with Crippen molar-refractivity contribution in [2.45, 2.75) is 0 Å². The van der Waals surface area contributed by atoms with E-state index in [1.54, 1.807) is 24.3 Å². The van der Waals surface area contributed by atoms with Crippen molar-refractivity contribution in [2.75, 3.05) is 0 Å². The Morgan fingerprint density at radius 2 is 1.21 bits per heavy atom. The largest absolute Gasteiger partial charge is 0.270 e. The van der Waals surface area contributed by atoms with Crippen molar-refractivity contribution >= 4 is 11.4 Å². The summed E-state index contributed by atoms with van der Waals surface area (Å²) in [5, 5.41) is 21.7. The second-order valence-corrected chi connectivity index (χ2v) is 4.91. The van der Waals surface area contributed by atoms with Crippen molar-refractivity contribution < 1.29 is 9.85 Å². The van der Waals surface area contributed by atoms with Gasteiger partial charge in [0, 0.05) is 47.8 Å². The van der Waals surface area contributed by atoms with Crippen LogP contribution in [-0.4, -0.2) is 19.8 Å². The van der Waals surface area contributed by atoms with Gasteiger partial charge in [-0.1, -0.05) is 24.3 Å². The zero-order chi connectivity index (χ0) is 17.1. The molecule has 0 N–H and O–H groups in total. The number of benzene rings is 2. The van der Waals surface area contributed by atoms with E-state index in [-0.39, 0.29) is 11.4 Å². The fraction of sp³-hybridized carbons (Fsp3) is 0. The van der Waals surface area contributed by atoms with Gasteiger partial charge in [-0.3, -0.25) is 20.2 Å². The van der Waals surface area contributed by atoms with Crippen molar-refractivity contribution in [2.24, 2.45) is 0 Å². The van der Waals surface area contributed by atoms with Crippen molar-refractivity contribution in [3.05, 3.63) is 81.2 Å². The molecule has 0 aliphatic carbocycles. The average Bonchev–Trinajstić information content (AvgIpc) is 2.62. The van der Waals surface area contributed by atoms with Crippen LogP contribution in [-0.2, 0) is 0 Å². The van der Waals surface area contributed by atoms with Gasteiger partial charge in [0.05, 0.1) is 9.85 Å². The van der Waals surface area contributed by atoms with Gasteiger partial charge in [-0.25, -0.2) is 9.97 Å². The number of hydrogen-bond donors (Lipinski definition) is 0. The standard InChI is InChI=1S/C16H10N4O4/c21-19(22)14-5-1-3-11(7-14)13-9-17-16(18-10-13)12-4-2-6-15(8-12)20(23)24/h1-10H. The third-order valence-electron chi connectivity index (χ3n) is 3.36. The van der Waals surface area contributed by atoms with E-state index in [1.807, 2.05) is 0 Å². The molecule has 0 aliphatic rings. The summed E-state index contributed by atoms with van der Waals surface area (Å²) in [5.74, 6) is 0.341. The molecule has 0 unspecified atom stereocenters. The van der Waals surface area contributed by atoms with E-state index in [4.69, 9.17) is 0 Å². The van der Waals surface area contributed by atoms with Crippen LogP contribution in [0.2, 0.25) is 0 Å². The number of non-ortho nitro benzene ring substituents is 2. The summed E-state index contributed by atoms with van der Waals surface area (Å²) in [6.45, 7) is 0. The lowest BCUT2D eigenvalue weighted by molar-refractivity contribution is -0.385. The Balaban J connectivity index is 1.94. The Morgan fingerprint density at radius 3 is 1.75 bits per heavy atom. The maximum absolute atomic E-state index is 10.8. The molecule has 8 nitrogen and oxygen atoms in total. The SMILES string of the molecule is O=[N+]([O-])c1cccc(-c2cnc(-c3cccc([N+](=O)[O-])c3)nc2)c1. The number of hydrogen-bond acceptors (Lipinski definition) is 6. The van der Waals surface area contributed by atoms with Gasteiger partial charge >= 0.3 is 0 Å². The monoisotopic (exact) mass is 322 g/mol. The van der Waals surface area contributed by atoms with E-state index in [2.05, 4.69) is 9.97 Å². The predicted molar refractivity (Wildman–Crippen MR) is 86.2 cm³/mol. The molecule has 0 aliphatic heterocycles. The van der Waals surface area contributed by atoms with Gasteiger partial charge in [0.2, 0.25) is 0 Å². The molecule has 0 saturated carbocycles. The fourth-order valence-corrected chi connectivity index (χ4v) is 2.18. The molecule has 0 bridgehead atoms. The van der Waals surface area contributed by atoms with E-state index in [0.29, 0.717) is 22.5 Å². The Hall–Kier alpha value is -3.68. The summed E-state index contributed by atoms with van der Waals surface area (Å²) >= 11 is 0. The maximum atomic E-state index is 10.8. The number of aromatic nitrogens is 2. The van der Waals surface area contributed by atoms with Gasteiger partial charge in [-0.05, 0) is 5.56 Å². The molecular weight excluding hydrogens is 312 g/mol. The molecule has 0 radical (unpaired) electrons. The molecule has 3 aromatic rings. The summed E-state index contributed by atoms with van der Waals surface area (Å²) in [5.41, 5.74) is 1.70. The van der Waals surface area contributed by atoms with Crippen molar-refractivity contribution in [1.29, 1.82) is 0 Å². The predicted octanol–water partition coefficient (Wildman–Crippen LogP) is 3.63. The van der Waals surface area contributed by atoms with Gasteiger partial charge in [-0.15, -0.1) is 0 Å². The molecule has 0 spiro atoms. The highest BCUT2D eigenvalue weighted by molar-refractivity contribution is 5.66. The van der Waals surface area contributed by atoms with Crippen LogP contribution in [0, 0.1) is 20.2 Å². The second-order valence-electron chi connectivity index (χ2n) is 4.91. The highest BCUT2D eigenvalue weighted by Gasteiger charge is 2.11. The molecule has 3 rings (SSSR count). The van der Waals surface area contributed by atoms with E-state index in [1.165, 1.54) is 36.7 Å². The first-order valence-corrected chi connectivity index (χ1v) is 6.86. The van der Waals surface area contributed by atoms with E-state index in [0.717, 1.165) is 0 Å².